The second-order valence-corrected chi connectivity index (χ2v) is 3.68. The van der Waals surface area contributed by atoms with E-state index in [9.17, 15) is 19.2 Å². The zero-order chi connectivity index (χ0) is 13.4. The summed E-state index contributed by atoms with van der Waals surface area (Å²) in [7, 11) is 0. The Bertz CT molecular complexity index is 661. The molecular weight excluding hydrogens is 246 g/mol. The third-order valence-corrected chi connectivity index (χ3v) is 2.55. The predicted octanol–water partition coefficient (Wildman–Crippen LogP) is -1.91. The van der Waals surface area contributed by atoms with Crippen LogP contribution in [0.4, 0.5) is 0 Å². The van der Waals surface area contributed by atoms with E-state index in [2.05, 4.69) is 0 Å². The van der Waals surface area contributed by atoms with E-state index in [1.807, 2.05) is 0 Å². The van der Waals surface area contributed by atoms with E-state index < -0.39 is 35.9 Å². The molecular formula is C9H9N3O6. The largest absolute Gasteiger partial charge is 0.480 e. The standard InChI is InChI=1S/C9H9N3O6/c13-6(14)4-10-8(17)11-3-1-2-5(7(15)16)12(11)9(10)18/h1-2,5H,3-4H2,(H,13,14)(H,15,16). The molecule has 1 unspecified atom stereocenters. The van der Waals surface area contributed by atoms with Crippen molar-refractivity contribution in [3.05, 3.63) is 33.1 Å². The number of rotatable bonds is 3. The Labute approximate surface area is 98.8 Å². The smallest absolute Gasteiger partial charge is 0.348 e. The Morgan fingerprint density at radius 1 is 1.28 bits per heavy atom. The van der Waals surface area contributed by atoms with Crippen LogP contribution in [0, 0.1) is 0 Å². The maximum absolute atomic E-state index is 11.8. The number of fused-ring (bicyclic) bond motifs is 1. The van der Waals surface area contributed by atoms with E-state index in [1.165, 1.54) is 12.2 Å². The van der Waals surface area contributed by atoms with Crippen molar-refractivity contribution in [1.82, 2.24) is 13.9 Å². The second kappa shape index (κ2) is 4.02. The molecule has 96 valence electrons. The molecule has 2 rings (SSSR count). The molecule has 9 nitrogen and oxygen atoms in total. The van der Waals surface area contributed by atoms with Gasteiger partial charge in [0.1, 0.15) is 6.54 Å². The lowest BCUT2D eigenvalue weighted by atomic mass is 10.2. The average molecular weight is 255 g/mol. The van der Waals surface area contributed by atoms with Crippen LogP contribution in [0.2, 0.25) is 0 Å². The summed E-state index contributed by atoms with van der Waals surface area (Å²) in [4.78, 5) is 45.1. The summed E-state index contributed by atoms with van der Waals surface area (Å²) in [5.74, 6) is -2.65. The molecule has 1 aromatic heterocycles. The lowest BCUT2D eigenvalue weighted by molar-refractivity contribution is -0.140. The van der Waals surface area contributed by atoms with Crippen LogP contribution >= 0.6 is 0 Å². The molecule has 1 aliphatic heterocycles. The first kappa shape index (κ1) is 11.9. The van der Waals surface area contributed by atoms with Crippen LogP contribution in [0.15, 0.2) is 21.7 Å². The Morgan fingerprint density at radius 3 is 2.50 bits per heavy atom. The first-order valence-electron chi connectivity index (χ1n) is 4.97. The SMILES string of the molecule is O=C(O)Cn1c(=O)n2n(c1=O)C(C(=O)O)C=CC2. The van der Waals surface area contributed by atoms with Crippen molar-refractivity contribution in [2.45, 2.75) is 19.1 Å². The van der Waals surface area contributed by atoms with E-state index in [4.69, 9.17) is 10.2 Å². The van der Waals surface area contributed by atoms with Gasteiger partial charge in [-0.1, -0.05) is 12.2 Å². The fourth-order valence-electron chi connectivity index (χ4n) is 1.80. The van der Waals surface area contributed by atoms with Gasteiger partial charge in [0.25, 0.3) is 0 Å². The van der Waals surface area contributed by atoms with E-state index in [-0.39, 0.29) is 6.54 Å². The predicted molar refractivity (Wildman–Crippen MR) is 56.4 cm³/mol. The Kier molecular flexibility index (Phi) is 2.66. The van der Waals surface area contributed by atoms with Gasteiger partial charge in [-0.2, -0.15) is 0 Å². The van der Waals surface area contributed by atoms with Crippen molar-refractivity contribution in [2.24, 2.45) is 0 Å². The summed E-state index contributed by atoms with van der Waals surface area (Å²) in [6.45, 7) is -0.762. The number of allylic oxidation sites excluding steroid dienone is 1. The van der Waals surface area contributed by atoms with Crippen molar-refractivity contribution >= 4 is 11.9 Å². The van der Waals surface area contributed by atoms with Crippen molar-refractivity contribution in [3.8, 4) is 0 Å². The second-order valence-electron chi connectivity index (χ2n) is 3.68. The highest BCUT2D eigenvalue weighted by Gasteiger charge is 2.28. The average Bonchev–Trinajstić information content (AvgIpc) is 2.54. The normalized spacial score (nSPS) is 17.4. The van der Waals surface area contributed by atoms with Gasteiger partial charge < -0.3 is 10.2 Å². The fraction of sp³-hybridized carbons (Fsp3) is 0.333. The van der Waals surface area contributed by atoms with Gasteiger partial charge in [0.05, 0.1) is 6.54 Å². The monoisotopic (exact) mass is 255 g/mol. The minimum Gasteiger partial charge on any atom is -0.480 e. The van der Waals surface area contributed by atoms with E-state index in [0.717, 1.165) is 9.36 Å². The van der Waals surface area contributed by atoms with Gasteiger partial charge >= 0.3 is 23.3 Å². The topological polar surface area (TPSA) is 124 Å². The van der Waals surface area contributed by atoms with E-state index in [1.54, 1.807) is 0 Å². The van der Waals surface area contributed by atoms with Crippen molar-refractivity contribution in [2.75, 3.05) is 0 Å². The Balaban J connectivity index is 2.66. The molecule has 0 bridgehead atoms. The molecule has 18 heavy (non-hydrogen) atoms. The number of carbonyl (C=O) groups is 2. The molecule has 1 aliphatic rings. The number of aliphatic carboxylic acids is 2. The van der Waals surface area contributed by atoms with Gasteiger partial charge in [0.15, 0.2) is 6.04 Å². The molecule has 0 saturated heterocycles. The molecule has 0 aliphatic carbocycles. The highest BCUT2D eigenvalue weighted by molar-refractivity contribution is 5.74. The van der Waals surface area contributed by atoms with E-state index in [0.29, 0.717) is 4.57 Å². The first-order chi connectivity index (χ1) is 8.43. The Morgan fingerprint density at radius 2 is 1.94 bits per heavy atom. The summed E-state index contributed by atoms with van der Waals surface area (Å²) in [5, 5.41) is 17.5. The van der Waals surface area contributed by atoms with Crippen LogP contribution in [0.1, 0.15) is 6.04 Å². The zero-order valence-corrected chi connectivity index (χ0v) is 9.02. The van der Waals surface area contributed by atoms with Crippen LogP contribution in [0.25, 0.3) is 0 Å². The molecule has 2 heterocycles. The molecule has 9 heteroatoms. The number of hydrogen-bond donors (Lipinski definition) is 2. The van der Waals surface area contributed by atoms with Crippen molar-refractivity contribution in [1.29, 1.82) is 0 Å². The van der Waals surface area contributed by atoms with Crippen molar-refractivity contribution < 1.29 is 19.8 Å². The fourth-order valence-corrected chi connectivity index (χ4v) is 1.80. The quantitative estimate of drug-likeness (QED) is 0.607. The van der Waals surface area contributed by atoms with Gasteiger partial charge in [-0.25, -0.2) is 28.3 Å². The Hall–Kier alpha value is -2.58. The van der Waals surface area contributed by atoms with Gasteiger partial charge in [-0.05, 0) is 0 Å². The number of aromatic nitrogens is 3. The minimum absolute atomic E-state index is 0.0322. The number of carboxylic acids is 2. The third-order valence-electron chi connectivity index (χ3n) is 2.55. The van der Waals surface area contributed by atoms with Crippen LogP contribution in [-0.2, 0) is 22.7 Å². The molecule has 1 aromatic rings. The molecule has 0 amide bonds. The summed E-state index contributed by atoms with van der Waals surface area (Å²) >= 11 is 0. The first-order valence-corrected chi connectivity index (χ1v) is 4.97. The summed E-state index contributed by atoms with van der Waals surface area (Å²) in [6, 6.07) is -1.30. The van der Waals surface area contributed by atoms with Crippen LogP contribution < -0.4 is 11.4 Å². The number of nitrogens with zero attached hydrogens (tertiary/aromatic N) is 3. The summed E-state index contributed by atoms with van der Waals surface area (Å²) in [5.41, 5.74) is -1.78. The molecule has 0 fully saturated rings. The highest BCUT2D eigenvalue weighted by Crippen LogP contribution is 2.09. The van der Waals surface area contributed by atoms with Crippen LogP contribution in [0.3, 0.4) is 0 Å². The molecule has 1 atom stereocenters. The molecule has 0 spiro atoms. The third kappa shape index (κ3) is 1.65. The number of hydrogen-bond acceptors (Lipinski definition) is 4. The van der Waals surface area contributed by atoms with Crippen LogP contribution in [-0.4, -0.2) is 36.1 Å². The summed E-state index contributed by atoms with van der Waals surface area (Å²) < 4.78 is 2.14. The van der Waals surface area contributed by atoms with Gasteiger partial charge in [0, 0.05) is 0 Å². The van der Waals surface area contributed by atoms with E-state index >= 15 is 0 Å². The maximum atomic E-state index is 11.8. The van der Waals surface area contributed by atoms with Crippen LogP contribution in [0.5, 0.6) is 0 Å². The molecule has 0 saturated carbocycles. The minimum atomic E-state index is -1.35. The lowest BCUT2D eigenvalue weighted by Crippen LogP contribution is -2.36. The molecule has 0 aromatic carbocycles. The number of carboxylic acid groups (broad SMARTS) is 2. The van der Waals surface area contributed by atoms with Crippen molar-refractivity contribution in [3.63, 3.8) is 0 Å². The summed E-state index contributed by atoms with van der Waals surface area (Å²) in [6.07, 6.45) is 2.71. The van der Waals surface area contributed by atoms with Gasteiger partial charge in [-0.3, -0.25) is 4.79 Å². The molecule has 0 radical (unpaired) electrons. The van der Waals surface area contributed by atoms with Gasteiger partial charge in [0.2, 0.25) is 0 Å². The molecule has 2 N–H and O–H groups in total. The zero-order valence-electron chi connectivity index (χ0n) is 9.02. The highest BCUT2D eigenvalue weighted by atomic mass is 16.4. The van der Waals surface area contributed by atoms with Gasteiger partial charge in [-0.15, -0.1) is 0 Å². The lowest BCUT2D eigenvalue weighted by Gasteiger charge is -2.16. The maximum Gasteiger partial charge on any atom is 0.348 e.